The number of halogens is 1. The van der Waals surface area contributed by atoms with Crippen LogP contribution in [0.15, 0.2) is 18.2 Å². The number of carbonyl (C=O) groups excluding carboxylic acids is 1. The molecule has 0 aliphatic carbocycles. The quantitative estimate of drug-likeness (QED) is 0.758. The Morgan fingerprint density at radius 1 is 1.62 bits per heavy atom. The largest absolute Gasteiger partial charge is 0.369 e. The van der Waals surface area contributed by atoms with Gasteiger partial charge in [-0.25, -0.2) is 4.98 Å². The van der Waals surface area contributed by atoms with E-state index in [1.165, 1.54) is 6.07 Å². The molecule has 0 saturated carbocycles. The van der Waals surface area contributed by atoms with Crippen LogP contribution in [-0.4, -0.2) is 24.0 Å². The summed E-state index contributed by atoms with van der Waals surface area (Å²) in [5.74, 6) is -0.262. The van der Waals surface area contributed by atoms with Crippen molar-refractivity contribution in [2.45, 2.75) is 13.3 Å². The Morgan fingerprint density at radius 2 is 2.38 bits per heavy atom. The van der Waals surface area contributed by atoms with Crippen LogP contribution in [0.3, 0.4) is 0 Å². The fourth-order valence-electron chi connectivity index (χ4n) is 1.93. The molecular formula is C11H14FN3O. The normalized spacial score (nSPS) is 24.8. The summed E-state index contributed by atoms with van der Waals surface area (Å²) in [6.45, 7) is 3.00. The zero-order valence-corrected chi connectivity index (χ0v) is 9.11. The van der Waals surface area contributed by atoms with Gasteiger partial charge >= 0.3 is 0 Å². The number of pyridine rings is 1. The lowest BCUT2D eigenvalue weighted by atomic mass is 9.89. The summed E-state index contributed by atoms with van der Waals surface area (Å²) < 4.78 is 12.9. The van der Waals surface area contributed by atoms with E-state index in [-0.39, 0.29) is 5.91 Å². The van der Waals surface area contributed by atoms with Gasteiger partial charge < -0.3 is 10.6 Å². The van der Waals surface area contributed by atoms with Crippen LogP contribution in [0.4, 0.5) is 10.2 Å². The molecule has 1 aliphatic heterocycles. The van der Waals surface area contributed by atoms with E-state index in [0.29, 0.717) is 25.3 Å². The Morgan fingerprint density at radius 3 is 2.94 bits per heavy atom. The minimum Gasteiger partial charge on any atom is -0.369 e. The van der Waals surface area contributed by atoms with Gasteiger partial charge in [-0.3, -0.25) is 4.79 Å². The Labute approximate surface area is 93.3 Å². The molecule has 16 heavy (non-hydrogen) atoms. The molecule has 0 radical (unpaired) electrons. The van der Waals surface area contributed by atoms with Gasteiger partial charge in [-0.1, -0.05) is 6.07 Å². The molecule has 0 bridgehead atoms. The topological polar surface area (TPSA) is 59.2 Å². The van der Waals surface area contributed by atoms with Gasteiger partial charge in [-0.15, -0.1) is 0 Å². The molecule has 0 aromatic carbocycles. The molecule has 0 spiro atoms. The number of nitrogens with two attached hydrogens (primary N) is 1. The molecule has 1 amide bonds. The van der Waals surface area contributed by atoms with E-state index in [0.717, 1.165) is 0 Å². The monoisotopic (exact) mass is 223 g/mol. The molecule has 1 aliphatic rings. The molecule has 1 saturated heterocycles. The van der Waals surface area contributed by atoms with Crippen LogP contribution in [0.5, 0.6) is 0 Å². The first-order valence-electron chi connectivity index (χ1n) is 5.19. The number of nitrogens with zero attached hydrogens (tertiary/aromatic N) is 2. The third-order valence-electron chi connectivity index (χ3n) is 3.09. The molecule has 1 aromatic heterocycles. The van der Waals surface area contributed by atoms with Gasteiger partial charge in [0.15, 0.2) is 0 Å². The average Bonchev–Trinajstić information content (AvgIpc) is 2.62. The molecule has 4 nitrogen and oxygen atoms in total. The number of amides is 1. The minimum absolute atomic E-state index is 0.314. The number of hydrogen-bond acceptors (Lipinski definition) is 3. The molecule has 2 heterocycles. The maximum Gasteiger partial charge on any atom is 0.225 e. The molecular weight excluding hydrogens is 209 g/mol. The maximum atomic E-state index is 12.9. The maximum absolute atomic E-state index is 12.9. The number of rotatable bonds is 2. The Balaban J connectivity index is 2.18. The third kappa shape index (κ3) is 1.85. The summed E-state index contributed by atoms with van der Waals surface area (Å²) >= 11 is 0. The molecule has 1 unspecified atom stereocenters. The first-order chi connectivity index (χ1) is 7.51. The summed E-state index contributed by atoms with van der Waals surface area (Å²) in [5, 5.41) is 0. The Hall–Kier alpha value is -1.65. The second-order valence-corrected chi connectivity index (χ2v) is 4.41. The third-order valence-corrected chi connectivity index (χ3v) is 3.09. The zero-order valence-electron chi connectivity index (χ0n) is 9.11. The van der Waals surface area contributed by atoms with Crippen molar-refractivity contribution in [3.63, 3.8) is 0 Å². The van der Waals surface area contributed by atoms with Gasteiger partial charge in [0.05, 0.1) is 5.41 Å². The number of hydrogen-bond donors (Lipinski definition) is 1. The number of carbonyl (C=O) groups is 1. The van der Waals surface area contributed by atoms with Gasteiger partial charge in [0.2, 0.25) is 11.9 Å². The fraction of sp³-hybridized carbons (Fsp3) is 0.455. The van der Waals surface area contributed by atoms with Gasteiger partial charge in [-0.2, -0.15) is 4.39 Å². The van der Waals surface area contributed by atoms with Crippen LogP contribution in [0.2, 0.25) is 0 Å². The average molecular weight is 223 g/mol. The van der Waals surface area contributed by atoms with Crippen LogP contribution >= 0.6 is 0 Å². The standard InChI is InChI=1S/C11H14FN3O/c1-11(10(13)16)5-6-15(7-11)9-4-2-3-8(12)14-9/h2-4H,5-7H2,1H3,(H2,13,16). The minimum atomic E-state index is -0.534. The molecule has 2 N–H and O–H groups in total. The highest BCUT2D eigenvalue weighted by Crippen LogP contribution is 2.31. The first-order valence-corrected chi connectivity index (χ1v) is 5.19. The Bertz CT molecular complexity index is 423. The van der Waals surface area contributed by atoms with E-state index in [4.69, 9.17) is 5.73 Å². The van der Waals surface area contributed by atoms with Crippen molar-refractivity contribution in [1.29, 1.82) is 0 Å². The van der Waals surface area contributed by atoms with Crippen molar-refractivity contribution in [1.82, 2.24) is 4.98 Å². The number of aromatic nitrogens is 1. The summed E-state index contributed by atoms with van der Waals surface area (Å²) in [7, 11) is 0. The van der Waals surface area contributed by atoms with E-state index in [2.05, 4.69) is 4.98 Å². The summed E-state index contributed by atoms with van der Waals surface area (Å²) in [5.41, 5.74) is 4.81. The van der Waals surface area contributed by atoms with Crippen LogP contribution in [0, 0.1) is 11.4 Å². The fourth-order valence-corrected chi connectivity index (χ4v) is 1.93. The second-order valence-electron chi connectivity index (χ2n) is 4.41. The first kappa shape index (κ1) is 10.9. The van der Waals surface area contributed by atoms with Crippen molar-refractivity contribution < 1.29 is 9.18 Å². The smallest absolute Gasteiger partial charge is 0.225 e. The lowest BCUT2D eigenvalue weighted by Gasteiger charge is -2.21. The highest BCUT2D eigenvalue weighted by molar-refractivity contribution is 5.81. The number of anilines is 1. The van der Waals surface area contributed by atoms with Crippen molar-refractivity contribution in [3.05, 3.63) is 24.1 Å². The van der Waals surface area contributed by atoms with Crippen molar-refractivity contribution in [3.8, 4) is 0 Å². The van der Waals surface area contributed by atoms with Crippen molar-refractivity contribution in [2.24, 2.45) is 11.1 Å². The molecule has 1 atom stereocenters. The van der Waals surface area contributed by atoms with E-state index in [1.807, 2.05) is 11.8 Å². The second kappa shape index (κ2) is 3.73. The van der Waals surface area contributed by atoms with E-state index in [9.17, 15) is 9.18 Å². The number of primary amides is 1. The molecule has 1 fully saturated rings. The van der Waals surface area contributed by atoms with Gasteiger partial charge in [0.1, 0.15) is 5.82 Å². The van der Waals surface area contributed by atoms with E-state index in [1.54, 1.807) is 12.1 Å². The van der Waals surface area contributed by atoms with Crippen LogP contribution in [0.25, 0.3) is 0 Å². The van der Waals surface area contributed by atoms with Crippen LogP contribution in [-0.2, 0) is 4.79 Å². The summed E-state index contributed by atoms with van der Waals surface area (Å²) in [6.07, 6.45) is 0.681. The lowest BCUT2D eigenvalue weighted by molar-refractivity contribution is -0.125. The SMILES string of the molecule is CC1(C(N)=O)CCN(c2cccc(F)n2)C1. The summed E-state index contributed by atoms with van der Waals surface area (Å²) in [4.78, 5) is 16.9. The van der Waals surface area contributed by atoms with Gasteiger partial charge in [0.25, 0.3) is 0 Å². The highest BCUT2D eigenvalue weighted by atomic mass is 19.1. The van der Waals surface area contributed by atoms with Crippen LogP contribution < -0.4 is 10.6 Å². The van der Waals surface area contributed by atoms with E-state index >= 15 is 0 Å². The van der Waals surface area contributed by atoms with E-state index < -0.39 is 11.4 Å². The van der Waals surface area contributed by atoms with Gasteiger partial charge in [0, 0.05) is 13.1 Å². The van der Waals surface area contributed by atoms with Gasteiger partial charge in [-0.05, 0) is 25.5 Å². The molecule has 2 rings (SSSR count). The van der Waals surface area contributed by atoms with Crippen molar-refractivity contribution >= 4 is 11.7 Å². The zero-order chi connectivity index (χ0) is 11.8. The van der Waals surface area contributed by atoms with Crippen LogP contribution in [0.1, 0.15) is 13.3 Å². The molecule has 1 aromatic rings. The lowest BCUT2D eigenvalue weighted by Crippen LogP contribution is -2.37. The van der Waals surface area contributed by atoms with Crippen molar-refractivity contribution in [2.75, 3.05) is 18.0 Å². The molecule has 5 heteroatoms. The summed E-state index contributed by atoms with van der Waals surface area (Å²) in [6, 6.07) is 4.64. The Kier molecular flexibility index (Phi) is 2.53. The molecule has 86 valence electrons. The predicted octanol–water partition coefficient (Wildman–Crippen LogP) is 0.922. The highest BCUT2D eigenvalue weighted by Gasteiger charge is 2.39. The predicted molar refractivity (Wildman–Crippen MR) is 58.3 cm³/mol.